The van der Waals surface area contributed by atoms with Crippen LogP contribution in [0.25, 0.3) is 0 Å². The van der Waals surface area contributed by atoms with Gasteiger partial charge < -0.3 is 11.5 Å². The first-order chi connectivity index (χ1) is 9.40. The van der Waals surface area contributed by atoms with Crippen LogP contribution in [0, 0.1) is 0 Å². The number of amides is 1. The predicted octanol–water partition coefficient (Wildman–Crippen LogP) is 2.20. The lowest BCUT2D eigenvalue weighted by molar-refractivity contribution is 0.0995. The molecule has 0 saturated carbocycles. The highest BCUT2D eigenvalue weighted by molar-refractivity contribution is 7.80. The topological polar surface area (TPSA) is 94.9 Å². The van der Waals surface area contributed by atoms with Crippen LogP contribution in [0.3, 0.4) is 0 Å². The van der Waals surface area contributed by atoms with Crippen molar-refractivity contribution in [2.75, 3.05) is 0 Å². The molecule has 5 nitrogen and oxygen atoms in total. The molecule has 20 heavy (non-hydrogen) atoms. The second-order valence-electron chi connectivity index (χ2n) is 3.42. The van der Waals surface area contributed by atoms with E-state index in [1.807, 2.05) is 0 Å². The number of halogens is 2. The van der Waals surface area contributed by atoms with Crippen LogP contribution in [0.4, 0.5) is 0 Å². The van der Waals surface area contributed by atoms with Gasteiger partial charge in [0.2, 0.25) is 0 Å². The summed E-state index contributed by atoms with van der Waals surface area (Å²) in [5.74, 6) is -0.567. The molecule has 2 aromatic heterocycles. The molecule has 8 heteroatoms. The maximum absolute atomic E-state index is 10.5. The van der Waals surface area contributed by atoms with Gasteiger partial charge in [0, 0.05) is 0 Å². The summed E-state index contributed by atoms with van der Waals surface area (Å²) in [6, 6.07) is 9.85. The first-order valence-corrected chi connectivity index (χ1v) is 6.41. The molecule has 1 amide bonds. The maximum Gasteiger partial charge on any atom is 0.267 e. The first kappa shape index (κ1) is 16.3. The summed E-state index contributed by atoms with van der Waals surface area (Å²) in [6.45, 7) is 0. The van der Waals surface area contributed by atoms with Gasteiger partial charge in [0.15, 0.2) is 0 Å². The Kier molecular flexibility index (Phi) is 6.30. The molecule has 0 saturated heterocycles. The summed E-state index contributed by atoms with van der Waals surface area (Å²) in [6.07, 6.45) is 0. The Morgan fingerprint density at radius 3 is 1.70 bits per heavy atom. The summed E-state index contributed by atoms with van der Waals surface area (Å²) in [4.78, 5) is 18.3. The quantitative estimate of drug-likeness (QED) is 0.651. The second kappa shape index (κ2) is 7.74. The van der Waals surface area contributed by atoms with Crippen molar-refractivity contribution in [3.05, 3.63) is 58.1 Å². The molecular weight excluding hydrogens is 319 g/mol. The number of hydrogen-bond donors (Lipinski definition) is 2. The summed E-state index contributed by atoms with van der Waals surface area (Å²) < 4.78 is 0. The summed E-state index contributed by atoms with van der Waals surface area (Å²) >= 11 is 15.7. The Morgan fingerprint density at radius 1 is 0.950 bits per heavy atom. The molecule has 0 radical (unpaired) electrons. The van der Waals surface area contributed by atoms with E-state index in [2.05, 4.69) is 22.2 Å². The summed E-state index contributed by atoms with van der Waals surface area (Å²) in [7, 11) is 0. The number of nitrogens with two attached hydrogens (primary N) is 2. The zero-order valence-electron chi connectivity index (χ0n) is 10.1. The summed E-state index contributed by atoms with van der Waals surface area (Å²) in [5, 5.41) is 0.682. The molecule has 0 bridgehead atoms. The minimum Gasteiger partial charge on any atom is -0.388 e. The van der Waals surface area contributed by atoms with Crippen molar-refractivity contribution in [3.63, 3.8) is 0 Å². The van der Waals surface area contributed by atoms with Gasteiger partial charge in [0.25, 0.3) is 5.91 Å². The molecule has 2 aromatic rings. The SMILES string of the molecule is NC(=O)c1cccc(Cl)n1.NC(=S)c1cccc(Cl)n1. The van der Waals surface area contributed by atoms with E-state index in [0.717, 1.165) is 0 Å². The van der Waals surface area contributed by atoms with Gasteiger partial charge in [-0.05, 0) is 24.3 Å². The summed E-state index contributed by atoms with van der Waals surface area (Å²) in [5.41, 5.74) is 11.0. The van der Waals surface area contributed by atoms with E-state index in [4.69, 9.17) is 34.7 Å². The Labute approximate surface area is 130 Å². The van der Waals surface area contributed by atoms with Crippen LogP contribution in [0.15, 0.2) is 36.4 Å². The van der Waals surface area contributed by atoms with Gasteiger partial charge in [0.1, 0.15) is 21.0 Å². The number of carbonyl (C=O) groups excluding carboxylic acids is 1. The van der Waals surface area contributed by atoms with Gasteiger partial charge in [-0.25, -0.2) is 9.97 Å². The molecule has 0 unspecified atom stereocenters. The smallest absolute Gasteiger partial charge is 0.267 e. The minimum absolute atomic E-state index is 0.188. The number of thiocarbonyl (C=S) groups is 1. The monoisotopic (exact) mass is 328 g/mol. The third-order valence-corrected chi connectivity index (χ3v) is 2.57. The third kappa shape index (κ3) is 5.48. The Hall–Kier alpha value is -1.76. The second-order valence-corrected chi connectivity index (χ2v) is 4.63. The van der Waals surface area contributed by atoms with E-state index >= 15 is 0 Å². The number of primary amides is 1. The molecule has 0 spiro atoms. The number of aromatic nitrogens is 2. The van der Waals surface area contributed by atoms with E-state index < -0.39 is 5.91 Å². The Bertz CT molecular complexity index is 581. The van der Waals surface area contributed by atoms with Crippen LogP contribution in [-0.4, -0.2) is 20.9 Å². The van der Waals surface area contributed by atoms with Gasteiger partial charge in [0.05, 0.1) is 5.69 Å². The van der Waals surface area contributed by atoms with E-state index in [0.29, 0.717) is 10.8 Å². The molecule has 0 atom stereocenters. The fraction of sp³-hybridized carbons (Fsp3) is 0. The maximum atomic E-state index is 10.5. The normalized spacial score (nSPS) is 9.30. The van der Waals surface area contributed by atoms with Crippen LogP contribution in [0.5, 0.6) is 0 Å². The Balaban J connectivity index is 0.000000200. The molecule has 2 heterocycles. The molecular formula is C12H10Cl2N4OS. The molecule has 0 fully saturated rings. The molecule has 0 aromatic carbocycles. The number of rotatable bonds is 2. The van der Waals surface area contributed by atoms with Crippen molar-refractivity contribution in [1.82, 2.24) is 9.97 Å². The van der Waals surface area contributed by atoms with Crippen molar-refractivity contribution < 1.29 is 4.79 Å². The lowest BCUT2D eigenvalue weighted by atomic mass is 10.3. The van der Waals surface area contributed by atoms with E-state index in [9.17, 15) is 4.79 Å². The predicted molar refractivity (Wildman–Crippen MR) is 82.9 cm³/mol. The minimum atomic E-state index is -0.567. The van der Waals surface area contributed by atoms with Gasteiger partial charge in [-0.3, -0.25) is 4.79 Å². The standard InChI is InChI=1S/C6H5ClN2O.C6H5ClN2S/c2*7-5-3-1-2-4(9-5)6(8)10/h2*1-3H,(H2,8,10). The first-order valence-electron chi connectivity index (χ1n) is 5.25. The van der Waals surface area contributed by atoms with Crippen molar-refractivity contribution in [2.24, 2.45) is 11.5 Å². The van der Waals surface area contributed by atoms with E-state index in [-0.39, 0.29) is 15.8 Å². The van der Waals surface area contributed by atoms with Crippen molar-refractivity contribution in [2.45, 2.75) is 0 Å². The average Bonchev–Trinajstić information content (AvgIpc) is 2.39. The fourth-order valence-corrected chi connectivity index (χ4v) is 1.53. The third-order valence-electron chi connectivity index (χ3n) is 1.94. The zero-order valence-corrected chi connectivity index (χ0v) is 12.4. The van der Waals surface area contributed by atoms with Crippen molar-refractivity contribution in [1.29, 1.82) is 0 Å². The molecule has 0 aliphatic carbocycles. The molecule has 2 rings (SSSR count). The fourth-order valence-electron chi connectivity index (χ4n) is 1.09. The van der Waals surface area contributed by atoms with Crippen LogP contribution in [0.2, 0.25) is 10.3 Å². The molecule has 4 N–H and O–H groups in total. The molecule has 104 valence electrons. The van der Waals surface area contributed by atoms with Gasteiger partial charge in [-0.1, -0.05) is 47.6 Å². The van der Waals surface area contributed by atoms with Gasteiger partial charge in [-0.15, -0.1) is 0 Å². The lowest BCUT2D eigenvalue weighted by Gasteiger charge is -1.94. The van der Waals surface area contributed by atoms with E-state index in [1.54, 1.807) is 30.3 Å². The number of pyridine rings is 2. The van der Waals surface area contributed by atoms with Crippen LogP contribution in [-0.2, 0) is 0 Å². The number of nitrogens with zero attached hydrogens (tertiary/aromatic N) is 2. The number of hydrogen-bond acceptors (Lipinski definition) is 4. The van der Waals surface area contributed by atoms with Crippen molar-refractivity contribution in [3.8, 4) is 0 Å². The van der Waals surface area contributed by atoms with Crippen molar-refractivity contribution >= 4 is 46.3 Å². The van der Waals surface area contributed by atoms with Crippen LogP contribution >= 0.6 is 35.4 Å². The highest BCUT2D eigenvalue weighted by Crippen LogP contribution is 2.04. The highest BCUT2D eigenvalue weighted by Gasteiger charge is 1.99. The lowest BCUT2D eigenvalue weighted by Crippen LogP contribution is -2.12. The Morgan fingerprint density at radius 2 is 1.40 bits per heavy atom. The van der Waals surface area contributed by atoms with Gasteiger partial charge >= 0.3 is 0 Å². The van der Waals surface area contributed by atoms with Crippen LogP contribution < -0.4 is 11.5 Å². The molecule has 0 aliphatic heterocycles. The van der Waals surface area contributed by atoms with Gasteiger partial charge in [-0.2, -0.15) is 0 Å². The average molecular weight is 329 g/mol. The highest BCUT2D eigenvalue weighted by atomic mass is 35.5. The van der Waals surface area contributed by atoms with E-state index in [1.165, 1.54) is 6.07 Å². The largest absolute Gasteiger partial charge is 0.388 e. The zero-order chi connectivity index (χ0) is 15.1. The van der Waals surface area contributed by atoms with Crippen LogP contribution in [0.1, 0.15) is 16.2 Å². The molecule has 0 aliphatic rings. The number of carbonyl (C=O) groups is 1.